The first kappa shape index (κ1) is 19.1. The number of fused-ring (bicyclic) bond motifs is 3. The van der Waals surface area contributed by atoms with Crippen molar-refractivity contribution in [2.45, 2.75) is 38.8 Å². The Hall–Kier alpha value is -2.24. The molecule has 1 unspecified atom stereocenters. The molecule has 2 aromatic carbocycles. The predicted molar refractivity (Wildman–Crippen MR) is 108 cm³/mol. The highest BCUT2D eigenvalue weighted by Gasteiger charge is 2.29. The van der Waals surface area contributed by atoms with E-state index >= 15 is 0 Å². The third-order valence-electron chi connectivity index (χ3n) is 5.92. The zero-order chi connectivity index (χ0) is 20.1. The Morgan fingerprint density at radius 3 is 2.54 bits per heavy atom. The van der Waals surface area contributed by atoms with E-state index in [0.29, 0.717) is 5.56 Å². The van der Waals surface area contributed by atoms with Crippen molar-refractivity contribution in [3.63, 3.8) is 0 Å². The van der Waals surface area contributed by atoms with Gasteiger partial charge in [0.05, 0.1) is 6.54 Å². The molecular formula is C23H26F2N2O. The number of hydrogen-bond donors (Lipinski definition) is 1. The number of aliphatic hydroxyl groups is 1. The molecule has 3 aromatic rings. The summed E-state index contributed by atoms with van der Waals surface area (Å²) in [5, 5.41) is 12.4. The molecule has 0 fully saturated rings. The van der Waals surface area contributed by atoms with Crippen LogP contribution in [-0.2, 0) is 25.0 Å². The second-order valence-electron chi connectivity index (χ2n) is 8.24. The molecule has 0 radical (unpaired) electrons. The molecular weight excluding hydrogens is 358 g/mol. The maximum Gasteiger partial charge on any atom is 0.159 e. The molecule has 1 aromatic heterocycles. The van der Waals surface area contributed by atoms with Crippen molar-refractivity contribution >= 4 is 10.9 Å². The SMILES string of the molecule is Cc1ccc2c(c1)c1c(n2CC(C)(O)c2ccc(F)c(F)c2)CCN(C)CC1. The van der Waals surface area contributed by atoms with Gasteiger partial charge in [-0.3, -0.25) is 0 Å². The minimum absolute atomic E-state index is 0.288. The van der Waals surface area contributed by atoms with Gasteiger partial charge in [-0.05, 0) is 62.7 Å². The van der Waals surface area contributed by atoms with Crippen LogP contribution in [0.4, 0.5) is 8.78 Å². The Morgan fingerprint density at radius 2 is 1.79 bits per heavy atom. The molecule has 0 saturated carbocycles. The first-order chi connectivity index (χ1) is 13.3. The highest BCUT2D eigenvalue weighted by molar-refractivity contribution is 5.86. The van der Waals surface area contributed by atoms with Crippen LogP contribution in [0.15, 0.2) is 36.4 Å². The van der Waals surface area contributed by atoms with Gasteiger partial charge in [-0.1, -0.05) is 17.7 Å². The van der Waals surface area contributed by atoms with Gasteiger partial charge in [-0.25, -0.2) is 8.78 Å². The van der Waals surface area contributed by atoms with E-state index in [1.165, 1.54) is 28.3 Å². The average molecular weight is 384 g/mol. The van der Waals surface area contributed by atoms with E-state index in [4.69, 9.17) is 0 Å². The molecule has 0 aliphatic carbocycles. The first-order valence-electron chi connectivity index (χ1n) is 9.73. The fourth-order valence-electron chi connectivity index (χ4n) is 4.28. The maximum atomic E-state index is 13.8. The lowest BCUT2D eigenvalue weighted by molar-refractivity contribution is 0.0383. The van der Waals surface area contributed by atoms with Gasteiger partial charge in [0.1, 0.15) is 5.60 Å². The molecule has 1 aliphatic heterocycles. The minimum Gasteiger partial charge on any atom is -0.384 e. The first-order valence-corrected chi connectivity index (χ1v) is 9.73. The van der Waals surface area contributed by atoms with Crippen molar-refractivity contribution in [1.29, 1.82) is 0 Å². The van der Waals surface area contributed by atoms with Crippen molar-refractivity contribution in [1.82, 2.24) is 9.47 Å². The lowest BCUT2D eigenvalue weighted by Gasteiger charge is -2.27. The monoisotopic (exact) mass is 384 g/mol. The van der Waals surface area contributed by atoms with Crippen molar-refractivity contribution < 1.29 is 13.9 Å². The van der Waals surface area contributed by atoms with E-state index in [1.807, 2.05) is 0 Å². The standard InChI is InChI=1S/C23H26F2N2O/c1-15-4-7-21-18(12-15)17-8-10-26(3)11-9-22(17)27(21)14-23(2,28)16-5-6-19(24)20(25)13-16/h4-7,12-13,28H,8-11,14H2,1-3H3. The van der Waals surface area contributed by atoms with Crippen LogP contribution >= 0.6 is 0 Å². The minimum atomic E-state index is -1.32. The molecule has 5 heteroatoms. The third kappa shape index (κ3) is 3.33. The topological polar surface area (TPSA) is 28.4 Å². The molecule has 1 N–H and O–H groups in total. The fourth-order valence-corrected chi connectivity index (χ4v) is 4.28. The zero-order valence-corrected chi connectivity index (χ0v) is 16.6. The van der Waals surface area contributed by atoms with Crippen LogP contribution in [0.5, 0.6) is 0 Å². The van der Waals surface area contributed by atoms with E-state index in [9.17, 15) is 13.9 Å². The van der Waals surface area contributed by atoms with Gasteiger partial charge in [0.25, 0.3) is 0 Å². The summed E-state index contributed by atoms with van der Waals surface area (Å²) in [7, 11) is 2.13. The highest BCUT2D eigenvalue weighted by Crippen LogP contribution is 2.33. The summed E-state index contributed by atoms with van der Waals surface area (Å²) in [5.74, 6) is -1.84. The molecule has 2 heterocycles. The molecule has 0 bridgehead atoms. The predicted octanol–water partition coefficient (Wildman–Crippen LogP) is 4.17. The lowest BCUT2D eigenvalue weighted by atomic mass is 9.95. The maximum absolute atomic E-state index is 13.8. The normalized spacial score (nSPS) is 17.4. The molecule has 1 atom stereocenters. The van der Waals surface area contributed by atoms with Gasteiger partial charge >= 0.3 is 0 Å². The van der Waals surface area contributed by atoms with Crippen molar-refractivity contribution in [2.24, 2.45) is 0 Å². The van der Waals surface area contributed by atoms with Gasteiger partial charge in [0.2, 0.25) is 0 Å². The van der Waals surface area contributed by atoms with Crippen LogP contribution in [-0.4, -0.2) is 34.7 Å². The number of nitrogens with zero attached hydrogens (tertiary/aromatic N) is 2. The number of rotatable bonds is 3. The number of halogens is 2. The summed E-state index contributed by atoms with van der Waals surface area (Å²) >= 11 is 0. The van der Waals surface area contributed by atoms with Gasteiger partial charge < -0.3 is 14.6 Å². The number of likely N-dealkylation sites (N-methyl/N-ethyl adjacent to an activating group) is 1. The molecule has 3 nitrogen and oxygen atoms in total. The second-order valence-corrected chi connectivity index (χ2v) is 8.24. The summed E-state index contributed by atoms with van der Waals surface area (Å²) in [5.41, 5.74) is 3.91. The third-order valence-corrected chi connectivity index (χ3v) is 5.92. The fraction of sp³-hybridized carbons (Fsp3) is 0.391. The molecule has 0 saturated heterocycles. The summed E-state index contributed by atoms with van der Waals surface area (Å²) < 4.78 is 29.3. The highest BCUT2D eigenvalue weighted by atomic mass is 19.2. The molecule has 0 amide bonds. The van der Waals surface area contributed by atoms with E-state index in [1.54, 1.807) is 6.92 Å². The summed E-state index contributed by atoms with van der Waals surface area (Å²) in [6.07, 6.45) is 1.86. The molecule has 1 aliphatic rings. The Balaban J connectivity index is 1.82. The number of benzene rings is 2. The molecule has 4 rings (SSSR count). The van der Waals surface area contributed by atoms with Gasteiger partial charge in [-0.2, -0.15) is 0 Å². The lowest BCUT2D eigenvalue weighted by Crippen LogP contribution is -2.29. The Morgan fingerprint density at radius 1 is 1.04 bits per heavy atom. The largest absolute Gasteiger partial charge is 0.384 e. The molecule has 148 valence electrons. The van der Waals surface area contributed by atoms with Gasteiger partial charge in [-0.15, -0.1) is 0 Å². The van der Waals surface area contributed by atoms with E-state index < -0.39 is 17.2 Å². The number of hydrogen-bond acceptors (Lipinski definition) is 2. The summed E-state index contributed by atoms with van der Waals surface area (Å²) in [4.78, 5) is 2.32. The molecule has 0 spiro atoms. The summed E-state index contributed by atoms with van der Waals surface area (Å²) in [6, 6.07) is 10.0. The molecule has 28 heavy (non-hydrogen) atoms. The van der Waals surface area contributed by atoms with Crippen molar-refractivity contribution in [2.75, 3.05) is 20.1 Å². The van der Waals surface area contributed by atoms with Crippen molar-refractivity contribution in [3.05, 3.63) is 70.4 Å². The van der Waals surface area contributed by atoms with E-state index in [-0.39, 0.29) is 6.54 Å². The number of aryl methyl sites for hydroxylation is 1. The van der Waals surface area contributed by atoms with Crippen LogP contribution in [0.2, 0.25) is 0 Å². The van der Waals surface area contributed by atoms with E-state index in [2.05, 4.69) is 41.6 Å². The Labute approximate surface area is 164 Å². The zero-order valence-electron chi connectivity index (χ0n) is 16.6. The van der Waals surface area contributed by atoms with Crippen LogP contribution in [0.25, 0.3) is 10.9 Å². The second kappa shape index (κ2) is 6.98. The van der Waals surface area contributed by atoms with Crippen LogP contribution in [0.3, 0.4) is 0 Å². The Kier molecular flexibility index (Phi) is 4.76. The number of aromatic nitrogens is 1. The van der Waals surface area contributed by atoms with Gasteiger partial charge in [0, 0.05) is 36.1 Å². The van der Waals surface area contributed by atoms with Crippen LogP contribution in [0, 0.1) is 18.6 Å². The van der Waals surface area contributed by atoms with Crippen LogP contribution in [0.1, 0.15) is 29.3 Å². The van der Waals surface area contributed by atoms with Gasteiger partial charge in [0.15, 0.2) is 11.6 Å². The smallest absolute Gasteiger partial charge is 0.159 e. The van der Waals surface area contributed by atoms with E-state index in [0.717, 1.165) is 43.6 Å². The quantitative estimate of drug-likeness (QED) is 0.734. The summed E-state index contributed by atoms with van der Waals surface area (Å²) in [6.45, 7) is 5.99. The van der Waals surface area contributed by atoms with Crippen LogP contribution < -0.4 is 0 Å². The van der Waals surface area contributed by atoms with Crippen molar-refractivity contribution in [3.8, 4) is 0 Å². The Bertz CT molecular complexity index is 1040. The average Bonchev–Trinajstić information content (AvgIpc) is 2.77.